The first-order valence-corrected chi connectivity index (χ1v) is 8.79. The summed E-state index contributed by atoms with van der Waals surface area (Å²) < 4.78 is 5.29. The van der Waals surface area contributed by atoms with E-state index in [1.807, 2.05) is 54.6 Å². The number of nitrogens with one attached hydrogen (secondary N) is 1. The second kappa shape index (κ2) is 8.81. The van der Waals surface area contributed by atoms with Crippen molar-refractivity contribution in [2.45, 2.75) is 6.54 Å². The molecule has 0 bridgehead atoms. The second-order valence-corrected chi connectivity index (χ2v) is 6.12. The van der Waals surface area contributed by atoms with Crippen molar-refractivity contribution in [3.05, 3.63) is 89.7 Å². The largest absolute Gasteiger partial charge is 0.496 e. The van der Waals surface area contributed by atoms with Gasteiger partial charge in [-0.1, -0.05) is 36.4 Å². The van der Waals surface area contributed by atoms with Crippen LogP contribution in [-0.2, 0) is 6.54 Å². The number of anilines is 1. The predicted molar refractivity (Wildman–Crippen MR) is 108 cm³/mol. The van der Waals surface area contributed by atoms with E-state index in [1.165, 1.54) is 17.2 Å². The summed E-state index contributed by atoms with van der Waals surface area (Å²) in [6.45, 7) is 0.298. The molecule has 28 heavy (non-hydrogen) atoms. The summed E-state index contributed by atoms with van der Waals surface area (Å²) in [5, 5.41) is 2.81. The van der Waals surface area contributed by atoms with Gasteiger partial charge in [-0.05, 0) is 30.3 Å². The normalized spacial score (nSPS) is 10.2. The first-order chi connectivity index (χ1) is 13.6. The van der Waals surface area contributed by atoms with Crippen LogP contribution in [0.3, 0.4) is 0 Å². The number of pyridine rings is 1. The lowest BCUT2D eigenvalue weighted by molar-refractivity contribution is 0.0945. The molecule has 0 atom stereocenters. The summed E-state index contributed by atoms with van der Waals surface area (Å²) in [4.78, 5) is 30.9. The Kier molecular flexibility index (Phi) is 6.01. The SMILES string of the molecule is COc1ccccc1CNC(=O)c1cc(C(=O)N(C)c2ccccc2)ccn1. The van der Waals surface area contributed by atoms with Gasteiger partial charge in [-0.25, -0.2) is 0 Å². The molecule has 0 saturated heterocycles. The Balaban J connectivity index is 1.72. The minimum Gasteiger partial charge on any atom is -0.496 e. The van der Waals surface area contributed by atoms with Crippen LogP contribution in [-0.4, -0.2) is 31.0 Å². The average molecular weight is 375 g/mol. The van der Waals surface area contributed by atoms with Crippen LogP contribution in [0, 0.1) is 0 Å². The van der Waals surface area contributed by atoms with E-state index in [0.29, 0.717) is 17.9 Å². The lowest BCUT2D eigenvalue weighted by Crippen LogP contribution is -2.28. The number of methoxy groups -OCH3 is 1. The van der Waals surface area contributed by atoms with E-state index in [1.54, 1.807) is 20.2 Å². The molecule has 0 fully saturated rings. The number of benzene rings is 2. The molecule has 0 radical (unpaired) electrons. The number of aromatic nitrogens is 1. The summed E-state index contributed by atoms with van der Waals surface area (Å²) in [7, 11) is 3.28. The molecule has 0 aliphatic heterocycles. The number of ether oxygens (including phenoxy) is 1. The van der Waals surface area contributed by atoms with E-state index >= 15 is 0 Å². The Bertz CT molecular complexity index is 974. The topological polar surface area (TPSA) is 71.5 Å². The van der Waals surface area contributed by atoms with Gasteiger partial charge in [-0.2, -0.15) is 0 Å². The second-order valence-electron chi connectivity index (χ2n) is 6.12. The molecule has 0 aliphatic carbocycles. The Morgan fingerprint density at radius 2 is 1.75 bits per heavy atom. The van der Waals surface area contributed by atoms with Gasteiger partial charge in [-0.3, -0.25) is 14.6 Å². The molecule has 3 rings (SSSR count). The molecule has 1 aromatic heterocycles. The zero-order chi connectivity index (χ0) is 19.9. The standard InChI is InChI=1S/C22H21N3O3/c1-25(18-9-4-3-5-10-18)22(27)16-12-13-23-19(14-16)21(26)24-15-17-8-6-7-11-20(17)28-2/h3-14H,15H2,1-2H3,(H,24,26). The van der Waals surface area contributed by atoms with Crippen molar-refractivity contribution in [2.75, 3.05) is 19.1 Å². The van der Waals surface area contributed by atoms with Crippen molar-refractivity contribution in [1.29, 1.82) is 0 Å². The Morgan fingerprint density at radius 1 is 1.04 bits per heavy atom. The number of hydrogen-bond acceptors (Lipinski definition) is 4. The molecular weight excluding hydrogens is 354 g/mol. The minimum absolute atomic E-state index is 0.183. The quantitative estimate of drug-likeness (QED) is 0.718. The lowest BCUT2D eigenvalue weighted by atomic mass is 10.1. The minimum atomic E-state index is -0.358. The van der Waals surface area contributed by atoms with E-state index in [4.69, 9.17) is 4.74 Å². The number of amides is 2. The predicted octanol–water partition coefficient (Wildman–Crippen LogP) is 3.30. The van der Waals surface area contributed by atoms with Gasteiger partial charge in [-0.15, -0.1) is 0 Å². The van der Waals surface area contributed by atoms with Crippen LogP contribution in [0.1, 0.15) is 26.4 Å². The number of rotatable bonds is 6. The van der Waals surface area contributed by atoms with E-state index in [0.717, 1.165) is 11.3 Å². The number of carbonyl (C=O) groups is 2. The number of carbonyl (C=O) groups excluding carboxylic acids is 2. The maximum absolute atomic E-state index is 12.7. The first kappa shape index (κ1) is 19.1. The van der Waals surface area contributed by atoms with E-state index in [2.05, 4.69) is 10.3 Å². The Morgan fingerprint density at radius 3 is 2.50 bits per heavy atom. The molecule has 0 aliphatic rings. The van der Waals surface area contributed by atoms with Crippen LogP contribution < -0.4 is 15.0 Å². The summed E-state index contributed by atoms with van der Waals surface area (Å²) in [5.74, 6) is 0.125. The van der Waals surface area contributed by atoms with Crippen molar-refractivity contribution < 1.29 is 14.3 Å². The van der Waals surface area contributed by atoms with E-state index in [9.17, 15) is 9.59 Å². The molecule has 6 heteroatoms. The molecule has 0 unspecified atom stereocenters. The van der Waals surface area contributed by atoms with Crippen LogP contribution in [0.2, 0.25) is 0 Å². The smallest absolute Gasteiger partial charge is 0.270 e. The summed E-state index contributed by atoms with van der Waals surface area (Å²) in [5.41, 5.74) is 2.20. The fourth-order valence-corrected chi connectivity index (χ4v) is 2.77. The maximum atomic E-state index is 12.7. The summed E-state index contributed by atoms with van der Waals surface area (Å²) >= 11 is 0. The van der Waals surface area contributed by atoms with Gasteiger partial charge in [0.2, 0.25) is 0 Å². The molecule has 0 spiro atoms. The molecule has 1 heterocycles. The van der Waals surface area contributed by atoms with Crippen LogP contribution in [0.4, 0.5) is 5.69 Å². The lowest BCUT2D eigenvalue weighted by Gasteiger charge is -2.17. The number of hydrogen-bond donors (Lipinski definition) is 1. The van der Waals surface area contributed by atoms with Gasteiger partial charge < -0.3 is 15.0 Å². The Labute approximate surface area is 163 Å². The van der Waals surface area contributed by atoms with Crippen molar-refractivity contribution in [2.24, 2.45) is 0 Å². The molecule has 142 valence electrons. The van der Waals surface area contributed by atoms with Crippen molar-refractivity contribution in [3.8, 4) is 5.75 Å². The van der Waals surface area contributed by atoms with E-state index < -0.39 is 0 Å². The van der Waals surface area contributed by atoms with Gasteiger partial charge in [0.1, 0.15) is 11.4 Å². The highest BCUT2D eigenvalue weighted by Crippen LogP contribution is 2.17. The van der Waals surface area contributed by atoms with Gasteiger partial charge in [0, 0.05) is 36.6 Å². The molecular formula is C22H21N3O3. The maximum Gasteiger partial charge on any atom is 0.270 e. The van der Waals surface area contributed by atoms with Crippen molar-refractivity contribution >= 4 is 17.5 Å². The molecule has 1 N–H and O–H groups in total. The molecule has 2 aromatic carbocycles. The third-order valence-corrected chi connectivity index (χ3v) is 4.32. The zero-order valence-electron chi connectivity index (χ0n) is 15.8. The molecule has 3 aromatic rings. The first-order valence-electron chi connectivity index (χ1n) is 8.79. The highest BCUT2D eigenvalue weighted by atomic mass is 16.5. The fourth-order valence-electron chi connectivity index (χ4n) is 2.77. The average Bonchev–Trinajstić information content (AvgIpc) is 2.77. The van der Waals surface area contributed by atoms with E-state index in [-0.39, 0.29) is 17.5 Å². The molecule has 0 saturated carbocycles. The highest BCUT2D eigenvalue weighted by molar-refractivity contribution is 6.06. The highest BCUT2D eigenvalue weighted by Gasteiger charge is 2.16. The van der Waals surface area contributed by atoms with Crippen molar-refractivity contribution in [3.63, 3.8) is 0 Å². The summed E-state index contributed by atoms with van der Waals surface area (Å²) in [6.07, 6.45) is 1.46. The van der Waals surface area contributed by atoms with Crippen LogP contribution in [0.25, 0.3) is 0 Å². The van der Waals surface area contributed by atoms with Gasteiger partial charge in [0.05, 0.1) is 7.11 Å². The van der Waals surface area contributed by atoms with Crippen molar-refractivity contribution in [1.82, 2.24) is 10.3 Å². The third kappa shape index (κ3) is 4.35. The third-order valence-electron chi connectivity index (χ3n) is 4.32. The molecule has 2 amide bonds. The van der Waals surface area contributed by atoms with Gasteiger partial charge in [0.15, 0.2) is 0 Å². The number of para-hydroxylation sites is 2. The zero-order valence-corrected chi connectivity index (χ0v) is 15.8. The monoisotopic (exact) mass is 375 g/mol. The van der Waals surface area contributed by atoms with Crippen LogP contribution in [0.15, 0.2) is 72.9 Å². The van der Waals surface area contributed by atoms with Crippen LogP contribution >= 0.6 is 0 Å². The number of nitrogens with zero attached hydrogens (tertiary/aromatic N) is 2. The van der Waals surface area contributed by atoms with Gasteiger partial charge in [0.25, 0.3) is 11.8 Å². The Hall–Kier alpha value is -3.67. The summed E-state index contributed by atoms with van der Waals surface area (Å²) in [6, 6.07) is 19.9. The fraction of sp³-hybridized carbons (Fsp3) is 0.136. The van der Waals surface area contributed by atoms with Gasteiger partial charge >= 0.3 is 0 Å². The molecule has 6 nitrogen and oxygen atoms in total. The van der Waals surface area contributed by atoms with Crippen LogP contribution in [0.5, 0.6) is 5.75 Å².